The van der Waals surface area contributed by atoms with Crippen molar-refractivity contribution in [1.29, 1.82) is 0 Å². The molecule has 1 unspecified atom stereocenters. The van der Waals surface area contributed by atoms with E-state index in [1.165, 1.54) is 0 Å². The SMILES string of the molecule is CCOc1ccc(C)cc1C(C)NC(=O)Nc1ccc(N(C)C)cc1. The minimum absolute atomic E-state index is 0.164. The summed E-state index contributed by atoms with van der Waals surface area (Å²) in [7, 11) is 3.96. The summed E-state index contributed by atoms with van der Waals surface area (Å²) in [6, 6.07) is 13.3. The van der Waals surface area contributed by atoms with E-state index >= 15 is 0 Å². The second-order valence-corrected chi connectivity index (χ2v) is 6.24. The first-order chi connectivity index (χ1) is 11.9. The molecule has 1 atom stereocenters. The van der Waals surface area contributed by atoms with Crippen molar-refractivity contribution in [2.45, 2.75) is 26.8 Å². The van der Waals surface area contributed by atoms with Crippen LogP contribution in [0.25, 0.3) is 0 Å². The topological polar surface area (TPSA) is 53.6 Å². The van der Waals surface area contributed by atoms with E-state index in [2.05, 4.69) is 10.6 Å². The van der Waals surface area contributed by atoms with Crippen LogP contribution in [0.2, 0.25) is 0 Å². The van der Waals surface area contributed by atoms with Crippen LogP contribution in [-0.2, 0) is 0 Å². The predicted molar refractivity (Wildman–Crippen MR) is 104 cm³/mol. The van der Waals surface area contributed by atoms with Gasteiger partial charge in [-0.05, 0) is 51.1 Å². The Morgan fingerprint density at radius 2 is 1.84 bits per heavy atom. The van der Waals surface area contributed by atoms with Gasteiger partial charge in [0, 0.05) is 31.0 Å². The first kappa shape index (κ1) is 18.6. The van der Waals surface area contributed by atoms with Crippen molar-refractivity contribution in [3.8, 4) is 5.75 Å². The quantitative estimate of drug-likeness (QED) is 0.821. The van der Waals surface area contributed by atoms with E-state index in [-0.39, 0.29) is 12.1 Å². The smallest absolute Gasteiger partial charge is 0.319 e. The molecule has 2 amide bonds. The van der Waals surface area contributed by atoms with Gasteiger partial charge in [-0.2, -0.15) is 0 Å². The molecule has 0 fully saturated rings. The number of urea groups is 1. The van der Waals surface area contributed by atoms with Gasteiger partial charge in [0.1, 0.15) is 5.75 Å². The maximum atomic E-state index is 12.3. The number of carbonyl (C=O) groups is 1. The molecule has 0 aliphatic rings. The summed E-state index contributed by atoms with van der Waals surface area (Å²) < 4.78 is 5.67. The van der Waals surface area contributed by atoms with Crippen molar-refractivity contribution in [3.63, 3.8) is 0 Å². The number of benzene rings is 2. The molecule has 0 aliphatic carbocycles. The molecule has 5 nitrogen and oxygen atoms in total. The standard InChI is InChI=1S/C20H27N3O2/c1-6-25-19-12-7-14(2)13-18(19)15(3)21-20(24)22-16-8-10-17(11-9-16)23(4)5/h7-13,15H,6H2,1-5H3,(H2,21,22,24). The highest BCUT2D eigenvalue weighted by Crippen LogP contribution is 2.26. The lowest BCUT2D eigenvalue weighted by Gasteiger charge is -2.19. The number of anilines is 2. The number of amides is 2. The van der Waals surface area contributed by atoms with Crippen LogP contribution in [0.4, 0.5) is 16.2 Å². The summed E-state index contributed by atoms with van der Waals surface area (Å²) in [6.07, 6.45) is 0. The van der Waals surface area contributed by atoms with Crippen LogP contribution in [0, 0.1) is 6.92 Å². The fourth-order valence-electron chi connectivity index (χ4n) is 2.58. The number of nitrogens with zero attached hydrogens (tertiary/aromatic N) is 1. The van der Waals surface area contributed by atoms with E-state index in [1.54, 1.807) is 0 Å². The fourth-order valence-corrected chi connectivity index (χ4v) is 2.58. The number of aryl methyl sites for hydroxylation is 1. The fraction of sp³-hybridized carbons (Fsp3) is 0.350. The van der Waals surface area contributed by atoms with Crippen molar-refractivity contribution >= 4 is 17.4 Å². The molecule has 0 saturated heterocycles. The molecule has 0 spiro atoms. The Balaban J connectivity index is 2.03. The average molecular weight is 341 g/mol. The number of hydrogen-bond donors (Lipinski definition) is 2. The third-order valence-electron chi connectivity index (χ3n) is 3.92. The second kappa shape index (κ2) is 8.42. The third-order valence-corrected chi connectivity index (χ3v) is 3.92. The molecule has 134 valence electrons. The van der Waals surface area contributed by atoms with Gasteiger partial charge in [-0.1, -0.05) is 17.7 Å². The van der Waals surface area contributed by atoms with E-state index in [0.29, 0.717) is 6.61 Å². The van der Waals surface area contributed by atoms with Crippen LogP contribution in [0.3, 0.4) is 0 Å². The molecule has 0 aromatic heterocycles. The zero-order chi connectivity index (χ0) is 18.4. The van der Waals surface area contributed by atoms with E-state index in [0.717, 1.165) is 28.3 Å². The molecule has 2 N–H and O–H groups in total. The molecule has 0 saturated carbocycles. The van der Waals surface area contributed by atoms with Crippen molar-refractivity contribution in [2.75, 3.05) is 30.9 Å². The van der Waals surface area contributed by atoms with E-state index < -0.39 is 0 Å². The number of nitrogens with one attached hydrogen (secondary N) is 2. The molecule has 0 aliphatic heterocycles. The van der Waals surface area contributed by atoms with Gasteiger partial charge in [0.2, 0.25) is 0 Å². The lowest BCUT2D eigenvalue weighted by molar-refractivity contribution is 0.249. The van der Waals surface area contributed by atoms with Gasteiger partial charge in [-0.3, -0.25) is 0 Å². The van der Waals surface area contributed by atoms with Gasteiger partial charge in [0.15, 0.2) is 0 Å². The van der Waals surface area contributed by atoms with Gasteiger partial charge in [0.05, 0.1) is 12.6 Å². The Kier molecular flexibility index (Phi) is 6.28. The zero-order valence-electron chi connectivity index (χ0n) is 15.6. The molecule has 0 bridgehead atoms. The summed E-state index contributed by atoms with van der Waals surface area (Å²) in [4.78, 5) is 14.3. The summed E-state index contributed by atoms with van der Waals surface area (Å²) in [6.45, 7) is 6.52. The van der Waals surface area contributed by atoms with E-state index in [1.807, 2.05) is 82.2 Å². The highest BCUT2D eigenvalue weighted by atomic mass is 16.5. The van der Waals surface area contributed by atoms with Gasteiger partial charge < -0.3 is 20.3 Å². The summed E-state index contributed by atoms with van der Waals surface area (Å²) in [5, 5.41) is 5.83. The van der Waals surface area contributed by atoms with E-state index in [9.17, 15) is 4.79 Å². The van der Waals surface area contributed by atoms with E-state index in [4.69, 9.17) is 4.74 Å². The van der Waals surface area contributed by atoms with Crippen molar-refractivity contribution in [2.24, 2.45) is 0 Å². The van der Waals surface area contributed by atoms with Crippen LogP contribution in [0.5, 0.6) is 5.75 Å². The molecular formula is C20H27N3O2. The lowest BCUT2D eigenvalue weighted by atomic mass is 10.0. The van der Waals surface area contributed by atoms with Gasteiger partial charge in [-0.15, -0.1) is 0 Å². The van der Waals surface area contributed by atoms with Crippen LogP contribution in [-0.4, -0.2) is 26.7 Å². The Morgan fingerprint density at radius 1 is 1.16 bits per heavy atom. The van der Waals surface area contributed by atoms with Crippen LogP contribution < -0.4 is 20.3 Å². The van der Waals surface area contributed by atoms with Gasteiger partial charge in [0.25, 0.3) is 0 Å². The monoisotopic (exact) mass is 341 g/mol. The molecule has 25 heavy (non-hydrogen) atoms. The Hall–Kier alpha value is -2.69. The number of rotatable bonds is 6. The lowest BCUT2D eigenvalue weighted by Crippen LogP contribution is -2.31. The Labute approximate surface area is 150 Å². The normalized spacial score (nSPS) is 11.6. The Morgan fingerprint density at radius 3 is 2.44 bits per heavy atom. The maximum absolute atomic E-state index is 12.3. The van der Waals surface area contributed by atoms with Crippen molar-refractivity contribution in [3.05, 3.63) is 53.6 Å². The minimum atomic E-state index is -0.242. The van der Waals surface area contributed by atoms with Crippen molar-refractivity contribution in [1.82, 2.24) is 5.32 Å². The first-order valence-electron chi connectivity index (χ1n) is 8.49. The molecule has 2 rings (SSSR count). The minimum Gasteiger partial charge on any atom is -0.494 e. The second-order valence-electron chi connectivity index (χ2n) is 6.24. The number of hydrogen-bond acceptors (Lipinski definition) is 3. The van der Waals surface area contributed by atoms with Crippen LogP contribution in [0.15, 0.2) is 42.5 Å². The van der Waals surface area contributed by atoms with Crippen LogP contribution in [0.1, 0.15) is 31.0 Å². The number of ether oxygens (including phenoxy) is 1. The molecule has 5 heteroatoms. The maximum Gasteiger partial charge on any atom is 0.319 e. The van der Waals surface area contributed by atoms with Gasteiger partial charge in [-0.25, -0.2) is 4.79 Å². The highest BCUT2D eigenvalue weighted by molar-refractivity contribution is 5.89. The average Bonchev–Trinajstić information content (AvgIpc) is 2.57. The molecule has 0 radical (unpaired) electrons. The molecular weight excluding hydrogens is 314 g/mol. The van der Waals surface area contributed by atoms with Crippen molar-refractivity contribution < 1.29 is 9.53 Å². The predicted octanol–water partition coefficient (Wildman–Crippen LogP) is 4.34. The van der Waals surface area contributed by atoms with Gasteiger partial charge >= 0.3 is 6.03 Å². The Bertz CT molecular complexity index is 711. The number of carbonyl (C=O) groups excluding carboxylic acids is 1. The highest BCUT2D eigenvalue weighted by Gasteiger charge is 2.14. The third kappa shape index (κ3) is 5.14. The summed E-state index contributed by atoms with van der Waals surface area (Å²) >= 11 is 0. The molecule has 2 aromatic rings. The largest absolute Gasteiger partial charge is 0.494 e. The summed E-state index contributed by atoms with van der Waals surface area (Å²) in [5.74, 6) is 0.802. The molecule has 2 aromatic carbocycles. The zero-order valence-corrected chi connectivity index (χ0v) is 15.6. The first-order valence-corrected chi connectivity index (χ1v) is 8.49. The van der Waals surface area contributed by atoms with Crippen LogP contribution >= 0.6 is 0 Å². The summed E-state index contributed by atoms with van der Waals surface area (Å²) in [5.41, 5.74) is 3.94. The molecule has 0 heterocycles.